The highest BCUT2D eigenvalue weighted by molar-refractivity contribution is 9.10. The highest BCUT2D eigenvalue weighted by Crippen LogP contribution is 2.19. The number of amidine groups is 1. The predicted octanol–water partition coefficient (Wildman–Crippen LogP) is 3.73. The molecular formula is C14H14BrClN2O. The van der Waals surface area contributed by atoms with Crippen molar-refractivity contribution in [2.45, 2.75) is 6.61 Å². The fourth-order valence-corrected chi connectivity index (χ4v) is 1.88. The smallest absolute Gasteiger partial charge is 0.122 e. The summed E-state index contributed by atoms with van der Waals surface area (Å²) in [5.41, 5.74) is 7.16. The highest BCUT2D eigenvalue weighted by atomic mass is 79.9. The summed E-state index contributed by atoms with van der Waals surface area (Å²) in [6.07, 6.45) is 0. The average molecular weight is 342 g/mol. The van der Waals surface area contributed by atoms with Crippen molar-refractivity contribution in [3.8, 4) is 5.75 Å². The van der Waals surface area contributed by atoms with Crippen molar-refractivity contribution in [3.63, 3.8) is 0 Å². The first-order valence-corrected chi connectivity index (χ1v) is 6.26. The summed E-state index contributed by atoms with van der Waals surface area (Å²) in [4.78, 5) is 0. The Labute approximate surface area is 126 Å². The van der Waals surface area contributed by atoms with E-state index in [-0.39, 0.29) is 18.2 Å². The van der Waals surface area contributed by atoms with Crippen LogP contribution in [0.3, 0.4) is 0 Å². The van der Waals surface area contributed by atoms with Gasteiger partial charge in [-0.15, -0.1) is 12.4 Å². The van der Waals surface area contributed by atoms with Crippen molar-refractivity contribution in [3.05, 3.63) is 64.1 Å². The summed E-state index contributed by atoms with van der Waals surface area (Å²) in [5, 5.41) is 7.31. The summed E-state index contributed by atoms with van der Waals surface area (Å²) in [6, 6.07) is 15.2. The normalized spacial score (nSPS) is 9.53. The Morgan fingerprint density at radius 3 is 2.42 bits per heavy atom. The van der Waals surface area contributed by atoms with Crippen molar-refractivity contribution in [2.24, 2.45) is 5.73 Å². The fourth-order valence-electron chi connectivity index (χ4n) is 1.50. The van der Waals surface area contributed by atoms with Gasteiger partial charge in [0.1, 0.15) is 18.2 Å². The monoisotopic (exact) mass is 340 g/mol. The van der Waals surface area contributed by atoms with Gasteiger partial charge in [0.05, 0.1) is 0 Å². The molecule has 0 fully saturated rings. The van der Waals surface area contributed by atoms with E-state index >= 15 is 0 Å². The van der Waals surface area contributed by atoms with E-state index < -0.39 is 0 Å². The summed E-state index contributed by atoms with van der Waals surface area (Å²) in [7, 11) is 0. The standard InChI is InChI=1S/C14H13BrN2O.ClH/c15-12-2-1-3-13(8-12)18-9-10-4-6-11(7-5-10)14(16)17;/h1-8H,9H2,(H3,16,17);1H. The van der Waals surface area contributed by atoms with E-state index in [0.717, 1.165) is 21.3 Å². The summed E-state index contributed by atoms with van der Waals surface area (Å²) in [6.45, 7) is 0.495. The lowest BCUT2D eigenvalue weighted by atomic mass is 10.1. The SMILES string of the molecule is Cl.N=C(N)c1ccc(COc2cccc(Br)c2)cc1. The second kappa shape index (κ2) is 7.16. The molecule has 3 nitrogen and oxygen atoms in total. The van der Waals surface area contributed by atoms with E-state index in [9.17, 15) is 0 Å². The van der Waals surface area contributed by atoms with Crippen molar-refractivity contribution in [1.82, 2.24) is 0 Å². The molecule has 0 aromatic heterocycles. The maximum absolute atomic E-state index is 7.31. The topological polar surface area (TPSA) is 59.1 Å². The quantitative estimate of drug-likeness (QED) is 0.657. The molecule has 5 heteroatoms. The van der Waals surface area contributed by atoms with Crippen LogP contribution in [0.4, 0.5) is 0 Å². The lowest BCUT2D eigenvalue weighted by Gasteiger charge is -2.07. The first-order chi connectivity index (χ1) is 8.65. The number of hydrogen-bond donors (Lipinski definition) is 2. The van der Waals surface area contributed by atoms with Gasteiger partial charge in [-0.25, -0.2) is 0 Å². The maximum atomic E-state index is 7.31. The van der Waals surface area contributed by atoms with Crippen molar-refractivity contribution in [1.29, 1.82) is 5.41 Å². The van der Waals surface area contributed by atoms with Gasteiger partial charge >= 0.3 is 0 Å². The summed E-state index contributed by atoms with van der Waals surface area (Å²) in [5.74, 6) is 0.898. The zero-order chi connectivity index (χ0) is 13.0. The molecule has 0 aliphatic carbocycles. The van der Waals surface area contributed by atoms with Crippen LogP contribution >= 0.6 is 28.3 Å². The second-order valence-electron chi connectivity index (χ2n) is 3.86. The van der Waals surface area contributed by atoms with Gasteiger partial charge in [0.15, 0.2) is 0 Å². The van der Waals surface area contributed by atoms with Gasteiger partial charge < -0.3 is 10.5 Å². The Morgan fingerprint density at radius 2 is 1.84 bits per heavy atom. The molecule has 2 rings (SSSR count). The first-order valence-electron chi connectivity index (χ1n) is 5.47. The number of nitrogens with one attached hydrogen (secondary N) is 1. The number of rotatable bonds is 4. The zero-order valence-corrected chi connectivity index (χ0v) is 12.5. The molecule has 0 saturated carbocycles. The minimum absolute atomic E-state index is 0. The molecule has 100 valence electrons. The van der Waals surface area contributed by atoms with Crippen LogP contribution in [-0.2, 0) is 6.61 Å². The molecule has 0 amide bonds. The molecular weight excluding hydrogens is 328 g/mol. The zero-order valence-electron chi connectivity index (χ0n) is 10.1. The van der Waals surface area contributed by atoms with E-state index in [0.29, 0.717) is 6.61 Å². The number of nitrogen functional groups attached to an aromatic ring is 1. The number of halogens is 2. The Balaban J connectivity index is 0.00000180. The third-order valence-corrected chi connectivity index (χ3v) is 2.96. The lowest BCUT2D eigenvalue weighted by Crippen LogP contribution is -2.10. The van der Waals surface area contributed by atoms with Crippen molar-refractivity contribution >= 4 is 34.2 Å². The molecule has 0 heterocycles. The van der Waals surface area contributed by atoms with Crippen LogP contribution in [0.15, 0.2) is 53.0 Å². The molecule has 19 heavy (non-hydrogen) atoms. The van der Waals surface area contributed by atoms with Gasteiger partial charge in [-0.2, -0.15) is 0 Å². The first kappa shape index (κ1) is 15.5. The van der Waals surface area contributed by atoms with E-state index in [4.69, 9.17) is 15.9 Å². The van der Waals surface area contributed by atoms with Gasteiger partial charge in [-0.3, -0.25) is 5.41 Å². The van der Waals surface area contributed by atoms with Gasteiger partial charge in [-0.05, 0) is 23.8 Å². The third kappa shape index (κ3) is 4.58. The number of ether oxygens (including phenoxy) is 1. The van der Waals surface area contributed by atoms with Crippen LogP contribution in [0, 0.1) is 5.41 Å². The number of hydrogen-bond acceptors (Lipinski definition) is 2. The molecule has 0 atom stereocenters. The van der Waals surface area contributed by atoms with Gasteiger partial charge in [0, 0.05) is 10.0 Å². The molecule has 0 saturated heterocycles. The number of nitrogens with two attached hydrogens (primary N) is 1. The highest BCUT2D eigenvalue weighted by Gasteiger charge is 1.99. The van der Waals surface area contributed by atoms with E-state index in [1.54, 1.807) is 0 Å². The maximum Gasteiger partial charge on any atom is 0.122 e. The Hall–Kier alpha value is -1.52. The van der Waals surface area contributed by atoms with Crippen LogP contribution in [0.2, 0.25) is 0 Å². The van der Waals surface area contributed by atoms with Crippen LogP contribution in [0.1, 0.15) is 11.1 Å². The van der Waals surface area contributed by atoms with Crippen LogP contribution in [0.5, 0.6) is 5.75 Å². The molecule has 3 N–H and O–H groups in total. The summed E-state index contributed by atoms with van der Waals surface area (Å²) < 4.78 is 6.65. The van der Waals surface area contributed by atoms with Crippen LogP contribution in [-0.4, -0.2) is 5.84 Å². The van der Waals surface area contributed by atoms with Gasteiger partial charge in [-0.1, -0.05) is 46.3 Å². The van der Waals surface area contributed by atoms with Crippen LogP contribution < -0.4 is 10.5 Å². The molecule has 0 aliphatic heterocycles. The molecule has 0 spiro atoms. The largest absolute Gasteiger partial charge is 0.489 e. The third-order valence-electron chi connectivity index (χ3n) is 2.47. The Kier molecular flexibility index (Phi) is 5.86. The second-order valence-corrected chi connectivity index (χ2v) is 4.77. The van der Waals surface area contributed by atoms with E-state index in [2.05, 4.69) is 15.9 Å². The van der Waals surface area contributed by atoms with Crippen LogP contribution in [0.25, 0.3) is 0 Å². The summed E-state index contributed by atoms with van der Waals surface area (Å²) >= 11 is 3.40. The predicted molar refractivity (Wildman–Crippen MR) is 83.2 cm³/mol. The van der Waals surface area contributed by atoms with Crippen molar-refractivity contribution in [2.75, 3.05) is 0 Å². The lowest BCUT2D eigenvalue weighted by molar-refractivity contribution is 0.306. The van der Waals surface area contributed by atoms with E-state index in [1.165, 1.54) is 0 Å². The Bertz CT molecular complexity index is 558. The minimum atomic E-state index is 0. The molecule has 0 aliphatic rings. The molecule has 2 aromatic rings. The molecule has 0 bridgehead atoms. The molecule has 0 unspecified atom stereocenters. The molecule has 2 aromatic carbocycles. The van der Waals surface area contributed by atoms with E-state index in [1.807, 2.05) is 48.5 Å². The minimum Gasteiger partial charge on any atom is -0.489 e. The van der Waals surface area contributed by atoms with Gasteiger partial charge in [0.25, 0.3) is 0 Å². The van der Waals surface area contributed by atoms with Gasteiger partial charge in [0.2, 0.25) is 0 Å². The average Bonchev–Trinajstić information content (AvgIpc) is 2.37. The van der Waals surface area contributed by atoms with Crippen molar-refractivity contribution < 1.29 is 4.74 Å². The molecule has 0 radical (unpaired) electrons. The Morgan fingerprint density at radius 1 is 1.16 bits per heavy atom. The fraction of sp³-hybridized carbons (Fsp3) is 0.0714. The number of benzene rings is 2.